The van der Waals surface area contributed by atoms with Crippen LogP contribution in [-0.4, -0.2) is 34.3 Å². The number of oxazole rings is 1. The first-order valence-corrected chi connectivity index (χ1v) is 9.82. The molecule has 0 aliphatic heterocycles. The molecule has 9 heteroatoms. The van der Waals surface area contributed by atoms with Crippen molar-refractivity contribution >= 4 is 22.3 Å². The molecule has 0 atom stereocenters. The van der Waals surface area contributed by atoms with Crippen molar-refractivity contribution in [3.8, 4) is 11.3 Å². The van der Waals surface area contributed by atoms with E-state index < -0.39 is 0 Å². The molecule has 4 heterocycles. The number of hydrogen-bond donors (Lipinski definition) is 1. The highest BCUT2D eigenvalue weighted by molar-refractivity contribution is 5.90. The highest BCUT2D eigenvalue weighted by Gasteiger charge is 2.20. The van der Waals surface area contributed by atoms with E-state index >= 15 is 0 Å². The van der Waals surface area contributed by atoms with Crippen LogP contribution >= 0.6 is 0 Å². The van der Waals surface area contributed by atoms with Crippen LogP contribution in [0, 0.1) is 6.92 Å². The molecule has 0 saturated heterocycles. The minimum absolute atomic E-state index is 0.257. The van der Waals surface area contributed by atoms with E-state index in [9.17, 15) is 0 Å². The summed E-state index contributed by atoms with van der Waals surface area (Å²) in [6.45, 7) is 6.73. The molecule has 0 aliphatic rings. The molecule has 152 valence electrons. The number of hydrogen-bond acceptors (Lipinski definition) is 7. The van der Waals surface area contributed by atoms with Gasteiger partial charge in [-0.05, 0) is 31.0 Å². The van der Waals surface area contributed by atoms with Crippen molar-refractivity contribution < 1.29 is 4.42 Å². The summed E-state index contributed by atoms with van der Waals surface area (Å²) in [7, 11) is 1.86. The fraction of sp³-hybridized carbons (Fsp3) is 0.286. The van der Waals surface area contributed by atoms with Gasteiger partial charge in [-0.25, -0.2) is 19.5 Å². The monoisotopic (exact) mass is 402 g/mol. The first-order chi connectivity index (χ1) is 14.5. The van der Waals surface area contributed by atoms with E-state index in [0.29, 0.717) is 18.0 Å². The average molecular weight is 402 g/mol. The second-order valence-electron chi connectivity index (χ2n) is 7.60. The van der Waals surface area contributed by atoms with Crippen LogP contribution < -0.4 is 5.32 Å². The lowest BCUT2D eigenvalue weighted by atomic mass is 10.1. The third kappa shape index (κ3) is 2.99. The van der Waals surface area contributed by atoms with Crippen LogP contribution in [-0.2, 0) is 13.6 Å². The molecular formula is C21H22N8O. The predicted molar refractivity (Wildman–Crippen MR) is 113 cm³/mol. The highest BCUT2D eigenvalue weighted by atomic mass is 16.3. The van der Waals surface area contributed by atoms with Crippen LogP contribution in [0.3, 0.4) is 0 Å². The lowest BCUT2D eigenvalue weighted by molar-refractivity contribution is 0.603. The lowest BCUT2D eigenvalue weighted by Gasteiger charge is -2.12. The minimum Gasteiger partial charge on any atom is -0.443 e. The van der Waals surface area contributed by atoms with E-state index in [1.54, 1.807) is 11.0 Å². The quantitative estimate of drug-likeness (QED) is 0.478. The molecular weight excluding hydrogens is 380 g/mol. The lowest BCUT2D eigenvalue weighted by Crippen LogP contribution is -2.07. The number of nitrogens with one attached hydrogen (secondary N) is 1. The standard InChI is InChI=1S/C21H22N8O/c1-12(2)19-20-17(22-9-18-23-10-28(4)27-18)8-16(26-29(20)13(3)25-19)14-6-5-7-15-21(14)30-11-24-15/h5-8,10-12,22H,9H2,1-4H3. The molecule has 9 nitrogen and oxygen atoms in total. The Morgan fingerprint density at radius 2 is 2.03 bits per heavy atom. The number of nitrogens with zero attached hydrogens (tertiary/aromatic N) is 7. The normalized spacial score (nSPS) is 11.8. The molecule has 0 fully saturated rings. The van der Waals surface area contributed by atoms with Gasteiger partial charge in [0, 0.05) is 12.6 Å². The van der Waals surface area contributed by atoms with Gasteiger partial charge in [0.2, 0.25) is 0 Å². The van der Waals surface area contributed by atoms with Crippen LogP contribution in [0.1, 0.15) is 37.1 Å². The van der Waals surface area contributed by atoms with E-state index in [1.165, 1.54) is 6.39 Å². The summed E-state index contributed by atoms with van der Waals surface area (Å²) in [5.74, 6) is 1.81. The first-order valence-electron chi connectivity index (χ1n) is 9.82. The van der Waals surface area contributed by atoms with Crippen LogP contribution in [0.25, 0.3) is 27.9 Å². The molecule has 0 bridgehead atoms. The first kappa shape index (κ1) is 18.3. The predicted octanol–water partition coefficient (Wildman–Crippen LogP) is 3.71. The number of anilines is 1. The van der Waals surface area contributed by atoms with Crippen molar-refractivity contribution in [2.75, 3.05) is 5.32 Å². The van der Waals surface area contributed by atoms with Gasteiger partial charge in [0.1, 0.15) is 23.2 Å². The molecule has 0 amide bonds. The zero-order valence-electron chi connectivity index (χ0n) is 17.3. The summed E-state index contributed by atoms with van der Waals surface area (Å²) in [6.07, 6.45) is 3.15. The molecule has 1 aromatic carbocycles. The van der Waals surface area contributed by atoms with E-state index in [4.69, 9.17) is 14.5 Å². The summed E-state index contributed by atoms with van der Waals surface area (Å²) in [5, 5.41) is 12.7. The Kier molecular flexibility index (Phi) is 4.23. The molecule has 4 aromatic heterocycles. The number of rotatable bonds is 5. The molecule has 30 heavy (non-hydrogen) atoms. The van der Waals surface area contributed by atoms with Crippen molar-refractivity contribution in [1.29, 1.82) is 0 Å². The van der Waals surface area contributed by atoms with Gasteiger partial charge >= 0.3 is 0 Å². The molecule has 1 N–H and O–H groups in total. The Balaban J connectivity index is 1.69. The van der Waals surface area contributed by atoms with Gasteiger partial charge in [0.25, 0.3) is 0 Å². The number of aryl methyl sites for hydroxylation is 2. The zero-order valence-corrected chi connectivity index (χ0v) is 17.3. The number of fused-ring (bicyclic) bond motifs is 2. The maximum absolute atomic E-state index is 5.64. The second-order valence-corrected chi connectivity index (χ2v) is 7.60. The summed E-state index contributed by atoms with van der Waals surface area (Å²) in [5.41, 5.74) is 6.05. The van der Waals surface area contributed by atoms with Gasteiger partial charge < -0.3 is 9.73 Å². The van der Waals surface area contributed by atoms with E-state index in [-0.39, 0.29) is 5.92 Å². The van der Waals surface area contributed by atoms with Crippen molar-refractivity contribution in [3.05, 3.63) is 54.3 Å². The SMILES string of the molecule is Cc1nc(C(C)C)c2c(NCc3ncn(C)n3)cc(-c3cccc4ncoc34)nn12. The zero-order chi connectivity index (χ0) is 20.8. The molecule has 0 radical (unpaired) electrons. The Bertz CT molecular complexity index is 1360. The number of imidazole rings is 1. The van der Waals surface area contributed by atoms with Gasteiger partial charge in [-0.15, -0.1) is 0 Å². The third-order valence-corrected chi connectivity index (χ3v) is 5.05. The molecule has 5 aromatic rings. The molecule has 0 aliphatic carbocycles. The van der Waals surface area contributed by atoms with Crippen LogP contribution in [0.5, 0.6) is 0 Å². The molecule has 0 saturated carbocycles. The smallest absolute Gasteiger partial charge is 0.182 e. The fourth-order valence-corrected chi connectivity index (χ4v) is 3.66. The van der Waals surface area contributed by atoms with Crippen molar-refractivity contribution in [3.63, 3.8) is 0 Å². The number of para-hydroxylation sites is 1. The van der Waals surface area contributed by atoms with Crippen LogP contribution in [0.15, 0.2) is 41.4 Å². The van der Waals surface area contributed by atoms with E-state index in [0.717, 1.165) is 39.5 Å². The van der Waals surface area contributed by atoms with E-state index in [1.807, 2.05) is 42.8 Å². The second kappa shape index (κ2) is 6.94. The summed E-state index contributed by atoms with van der Waals surface area (Å²) in [4.78, 5) is 13.4. The van der Waals surface area contributed by atoms with Gasteiger partial charge in [0.05, 0.1) is 23.6 Å². The molecule has 0 spiro atoms. The van der Waals surface area contributed by atoms with Gasteiger partial charge in [-0.3, -0.25) is 4.68 Å². The maximum Gasteiger partial charge on any atom is 0.182 e. The minimum atomic E-state index is 0.257. The van der Waals surface area contributed by atoms with Gasteiger partial charge in [0.15, 0.2) is 17.8 Å². The summed E-state index contributed by atoms with van der Waals surface area (Å²) < 4.78 is 9.23. The summed E-state index contributed by atoms with van der Waals surface area (Å²) in [6, 6.07) is 7.90. The van der Waals surface area contributed by atoms with Crippen molar-refractivity contribution in [2.24, 2.45) is 7.05 Å². The van der Waals surface area contributed by atoms with Crippen LogP contribution in [0.2, 0.25) is 0 Å². The fourth-order valence-electron chi connectivity index (χ4n) is 3.66. The largest absolute Gasteiger partial charge is 0.443 e. The van der Waals surface area contributed by atoms with Gasteiger partial charge in [-0.2, -0.15) is 10.2 Å². The topological polar surface area (TPSA) is 99.0 Å². The Morgan fingerprint density at radius 3 is 2.80 bits per heavy atom. The molecule has 0 unspecified atom stereocenters. The third-order valence-electron chi connectivity index (χ3n) is 5.05. The van der Waals surface area contributed by atoms with E-state index in [2.05, 4.69) is 34.2 Å². The van der Waals surface area contributed by atoms with Crippen LogP contribution in [0.4, 0.5) is 5.69 Å². The van der Waals surface area contributed by atoms with Crippen molar-refractivity contribution in [2.45, 2.75) is 33.2 Å². The highest BCUT2D eigenvalue weighted by Crippen LogP contribution is 2.33. The Labute approximate surface area is 172 Å². The van der Waals surface area contributed by atoms with Crippen molar-refractivity contribution in [1.82, 2.24) is 34.3 Å². The maximum atomic E-state index is 5.64. The molecule has 5 rings (SSSR count). The Morgan fingerprint density at radius 1 is 1.17 bits per heavy atom. The summed E-state index contributed by atoms with van der Waals surface area (Å²) >= 11 is 0. The number of benzene rings is 1. The Hall–Kier alpha value is -3.75. The van der Waals surface area contributed by atoms with Gasteiger partial charge in [-0.1, -0.05) is 19.9 Å². The average Bonchev–Trinajstić information content (AvgIpc) is 3.45. The number of aromatic nitrogens is 7.